The standard InChI is InChI=1S/C23H28ClN3O/c24-21-7-1-4-19(16-21)6-3-12-26-13-8-23(9-14-26)10-15-27(22(23)28)18-20-5-2-11-25-17-20/h1-2,4-5,7,11,16-17H,3,6,8-10,12-15,18H2. The first-order valence-electron chi connectivity index (χ1n) is 10.3. The predicted octanol–water partition coefficient (Wildman–Crippen LogP) is 4.18. The SMILES string of the molecule is O=C1N(Cc2cccnc2)CCC12CCN(CCCc1cccc(Cl)c1)CC2. The molecule has 1 aromatic heterocycles. The molecule has 2 aliphatic heterocycles. The summed E-state index contributed by atoms with van der Waals surface area (Å²) in [6.07, 6.45) is 8.82. The molecule has 0 saturated carbocycles. The summed E-state index contributed by atoms with van der Waals surface area (Å²) in [7, 11) is 0. The van der Waals surface area contributed by atoms with E-state index in [9.17, 15) is 4.79 Å². The number of halogens is 1. The van der Waals surface area contributed by atoms with Crippen LogP contribution in [0.15, 0.2) is 48.8 Å². The first-order chi connectivity index (χ1) is 13.6. The van der Waals surface area contributed by atoms with Crippen molar-refractivity contribution in [2.75, 3.05) is 26.2 Å². The lowest BCUT2D eigenvalue weighted by Gasteiger charge is -2.38. The second kappa shape index (κ2) is 8.62. The Balaban J connectivity index is 1.25. The zero-order valence-electron chi connectivity index (χ0n) is 16.3. The van der Waals surface area contributed by atoms with Gasteiger partial charge >= 0.3 is 0 Å². The number of pyridine rings is 1. The van der Waals surface area contributed by atoms with Crippen LogP contribution in [0.2, 0.25) is 5.02 Å². The molecule has 5 heteroatoms. The van der Waals surface area contributed by atoms with Crippen LogP contribution in [0.1, 0.15) is 36.8 Å². The van der Waals surface area contributed by atoms with E-state index in [1.54, 1.807) is 6.20 Å². The number of benzene rings is 1. The molecule has 148 valence electrons. The minimum atomic E-state index is -0.119. The molecule has 0 unspecified atom stereocenters. The lowest BCUT2D eigenvalue weighted by Crippen LogP contribution is -2.44. The largest absolute Gasteiger partial charge is 0.338 e. The van der Waals surface area contributed by atoms with Crippen molar-refractivity contribution in [2.45, 2.75) is 38.6 Å². The molecule has 2 aromatic rings. The predicted molar refractivity (Wildman–Crippen MR) is 112 cm³/mol. The molecule has 28 heavy (non-hydrogen) atoms. The fourth-order valence-electron chi connectivity index (χ4n) is 4.62. The fraction of sp³-hybridized carbons (Fsp3) is 0.478. The number of amides is 1. The zero-order chi connectivity index (χ0) is 19.4. The van der Waals surface area contributed by atoms with Gasteiger partial charge in [0.25, 0.3) is 0 Å². The van der Waals surface area contributed by atoms with Crippen molar-refractivity contribution < 1.29 is 4.79 Å². The molecule has 3 heterocycles. The molecule has 2 fully saturated rings. The number of rotatable bonds is 6. The van der Waals surface area contributed by atoms with Crippen molar-refractivity contribution in [3.05, 3.63) is 64.9 Å². The summed E-state index contributed by atoms with van der Waals surface area (Å²) in [4.78, 5) is 21.8. The number of nitrogens with zero attached hydrogens (tertiary/aromatic N) is 3. The molecule has 0 N–H and O–H groups in total. The van der Waals surface area contributed by atoms with Gasteiger partial charge in [0.1, 0.15) is 0 Å². The van der Waals surface area contributed by atoms with Gasteiger partial charge in [-0.1, -0.05) is 29.8 Å². The minimum absolute atomic E-state index is 0.119. The summed E-state index contributed by atoms with van der Waals surface area (Å²) >= 11 is 6.07. The molecule has 0 radical (unpaired) electrons. The van der Waals surface area contributed by atoms with E-state index >= 15 is 0 Å². The van der Waals surface area contributed by atoms with Crippen LogP contribution in [0.25, 0.3) is 0 Å². The normalized spacial score (nSPS) is 19.5. The number of hydrogen-bond acceptors (Lipinski definition) is 3. The highest BCUT2D eigenvalue weighted by Gasteiger charge is 2.47. The van der Waals surface area contributed by atoms with Gasteiger partial charge < -0.3 is 9.80 Å². The molecule has 0 aliphatic carbocycles. The zero-order valence-corrected chi connectivity index (χ0v) is 17.1. The Hall–Kier alpha value is -1.91. The van der Waals surface area contributed by atoms with E-state index in [0.717, 1.165) is 68.9 Å². The maximum atomic E-state index is 13.1. The van der Waals surface area contributed by atoms with Gasteiger partial charge in [0.2, 0.25) is 5.91 Å². The van der Waals surface area contributed by atoms with E-state index in [1.807, 2.05) is 35.4 Å². The van der Waals surface area contributed by atoms with Crippen molar-refractivity contribution in [3.63, 3.8) is 0 Å². The Morgan fingerprint density at radius 3 is 2.57 bits per heavy atom. The van der Waals surface area contributed by atoms with E-state index in [1.165, 1.54) is 5.56 Å². The fourth-order valence-corrected chi connectivity index (χ4v) is 4.84. The van der Waals surface area contributed by atoms with Crippen LogP contribution < -0.4 is 0 Å². The summed E-state index contributed by atoms with van der Waals surface area (Å²) < 4.78 is 0. The Morgan fingerprint density at radius 2 is 1.82 bits per heavy atom. The van der Waals surface area contributed by atoms with E-state index in [0.29, 0.717) is 12.5 Å². The Morgan fingerprint density at radius 1 is 1.04 bits per heavy atom. The van der Waals surface area contributed by atoms with Gasteiger partial charge in [0.15, 0.2) is 0 Å². The summed E-state index contributed by atoms with van der Waals surface area (Å²) in [6, 6.07) is 12.1. The third-order valence-electron chi connectivity index (χ3n) is 6.34. The van der Waals surface area contributed by atoms with E-state index < -0.39 is 0 Å². The molecule has 2 aliphatic rings. The maximum Gasteiger partial charge on any atom is 0.229 e. The van der Waals surface area contributed by atoms with Gasteiger partial charge in [0.05, 0.1) is 5.41 Å². The minimum Gasteiger partial charge on any atom is -0.338 e. The Kier molecular flexibility index (Phi) is 5.98. The number of likely N-dealkylation sites (tertiary alicyclic amines) is 2. The molecule has 0 bridgehead atoms. The highest BCUT2D eigenvalue weighted by Crippen LogP contribution is 2.42. The van der Waals surface area contributed by atoms with Crippen molar-refractivity contribution in [1.29, 1.82) is 0 Å². The van der Waals surface area contributed by atoms with Gasteiger partial charge in [-0.25, -0.2) is 0 Å². The van der Waals surface area contributed by atoms with Crippen molar-refractivity contribution in [3.8, 4) is 0 Å². The monoisotopic (exact) mass is 397 g/mol. The lowest BCUT2D eigenvalue weighted by atomic mass is 9.77. The molecule has 4 rings (SSSR count). The molecule has 0 atom stereocenters. The second-order valence-corrected chi connectivity index (χ2v) is 8.63. The van der Waals surface area contributed by atoms with Crippen LogP contribution in [-0.2, 0) is 17.8 Å². The second-order valence-electron chi connectivity index (χ2n) is 8.19. The van der Waals surface area contributed by atoms with Gasteiger partial charge in [-0.3, -0.25) is 9.78 Å². The van der Waals surface area contributed by atoms with Gasteiger partial charge in [-0.2, -0.15) is 0 Å². The van der Waals surface area contributed by atoms with Gasteiger partial charge in [-0.15, -0.1) is 0 Å². The van der Waals surface area contributed by atoms with Gasteiger partial charge in [0, 0.05) is 30.5 Å². The number of hydrogen-bond donors (Lipinski definition) is 0. The number of carbonyl (C=O) groups is 1. The van der Waals surface area contributed by atoms with Crippen LogP contribution in [-0.4, -0.2) is 46.9 Å². The summed E-state index contributed by atoms with van der Waals surface area (Å²) in [6.45, 7) is 4.72. The Bertz CT molecular complexity index is 803. The van der Waals surface area contributed by atoms with Crippen LogP contribution in [0.3, 0.4) is 0 Å². The molecule has 1 aromatic carbocycles. The van der Waals surface area contributed by atoms with E-state index in [4.69, 9.17) is 11.6 Å². The van der Waals surface area contributed by atoms with Crippen LogP contribution >= 0.6 is 11.6 Å². The summed E-state index contributed by atoms with van der Waals surface area (Å²) in [5, 5.41) is 0.813. The van der Waals surface area contributed by atoms with Crippen LogP contribution in [0, 0.1) is 5.41 Å². The third kappa shape index (κ3) is 4.39. The maximum absolute atomic E-state index is 13.1. The number of piperidine rings is 1. The summed E-state index contributed by atoms with van der Waals surface area (Å²) in [5.74, 6) is 0.356. The summed E-state index contributed by atoms with van der Waals surface area (Å²) in [5.41, 5.74) is 2.30. The first kappa shape index (κ1) is 19.4. The topological polar surface area (TPSA) is 36.4 Å². The van der Waals surface area contributed by atoms with E-state index in [2.05, 4.69) is 22.0 Å². The van der Waals surface area contributed by atoms with Gasteiger partial charge in [-0.05, 0) is 81.1 Å². The van der Waals surface area contributed by atoms with Crippen molar-refractivity contribution in [2.24, 2.45) is 5.41 Å². The highest BCUT2D eigenvalue weighted by atomic mass is 35.5. The van der Waals surface area contributed by atoms with E-state index in [-0.39, 0.29) is 5.41 Å². The molecular weight excluding hydrogens is 370 g/mol. The number of aromatic nitrogens is 1. The number of aryl methyl sites for hydroxylation is 1. The molecular formula is C23H28ClN3O. The molecule has 2 saturated heterocycles. The first-order valence-corrected chi connectivity index (χ1v) is 10.7. The molecule has 1 amide bonds. The van der Waals surface area contributed by atoms with Crippen LogP contribution in [0.5, 0.6) is 0 Å². The van der Waals surface area contributed by atoms with Crippen molar-refractivity contribution in [1.82, 2.24) is 14.8 Å². The smallest absolute Gasteiger partial charge is 0.229 e. The van der Waals surface area contributed by atoms with Crippen LogP contribution in [0.4, 0.5) is 0 Å². The third-order valence-corrected chi connectivity index (χ3v) is 6.57. The average Bonchev–Trinajstić information content (AvgIpc) is 3.00. The Labute approximate surface area is 172 Å². The lowest BCUT2D eigenvalue weighted by molar-refractivity contribution is -0.138. The highest BCUT2D eigenvalue weighted by molar-refractivity contribution is 6.30. The molecule has 1 spiro atoms. The van der Waals surface area contributed by atoms with Crippen molar-refractivity contribution >= 4 is 17.5 Å². The molecule has 4 nitrogen and oxygen atoms in total. The average molecular weight is 398 g/mol. The quantitative estimate of drug-likeness (QED) is 0.733. The number of carbonyl (C=O) groups excluding carboxylic acids is 1.